The molecule has 2 rings (SSSR count). The molecule has 0 aromatic heterocycles. The number of amides is 1. The van der Waals surface area contributed by atoms with Gasteiger partial charge in [0.25, 0.3) is 5.91 Å². The molecule has 0 aliphatic heterocycles. The van der Waals surface area contributed by atoms with Crippen LogP contribution in [0, 0.1) is 0 Å². The van der Waals surface area contributed by atoms with E-state index in [2.05, 4.69) is 5.32 Å². The molecule has 0 heterocycles. The quantitative estimate of drug-likeness (QED) is 0.479. The average molecular weight is 399 g/mol. The van der Waals surface area contributed by atoms with E-state index >= 15 is 0 Å². The highest BCUT2D eigenvalue weighted by atomic mass is 16.6. The maximum atomic E-state index is 12.7. The monoisotopic (exact) mass is 399 g/mol. The molecule has 2 aromatic carbocycles. The zero-order valence-electron chi connectivity index (χ0n) is 17.1. The zero-order chi connectivity index (χ0) is 21.2. The van der Waals surface area contributed by atoms with Crippen LogP contribution in [0.3, 0.4) is 0 Å². The standard InChI is InChI=1S/C21H26BNO6/c1-26-19(16-8-6-5-7-9-16)20(24)23-18(21(25)27-2)14-15-10-12-17(13-11-15)22(28-3)29-4/h5-13,18-19H,14H2,1-4H3,(H,23,24)/t18-,19+/m0/s1. The van der Waals surface area contributed by atoms with Gasteiger partial charge < -0.3 is 24.1 Å². The van der Waals surface area contributed by atoms with Crippen LogP contribution in [-0.2, 0) is 34.8 Å². The molecule has 0 spiro atoms. The van der Waals surface area contributed by atoms with Crippen molar-refractivity contribution in [3.8, 4) is 0 Å². The third-order valence-corrected chi connectivity index (χ3v) is 4.50. The highest BCUT2D eigenvalue weighted by Gasteiger charge is 2.27. The highest BCUT2D eigenvalue weighted by molar-refractivity contribution is 6.61. The second-order valence-corrected chi connectivity index (χ2v) is 6.36. The van der Waals surface area contributed by atoms with Gasteiger partial charge in [-0.25, -0.2) is 4.79 Å². The second-order valence-electron chi connectivity index (χ2n) is 6.36. The number of carbonyl (C=O) groups excluding carboxylic acids is 2. The first kappa shape index (κ1) is 22.6. The molecule has 2 atom stereocenters. The summed E-state index contributed by atoms with van der Waals surface area (Å²) in [6.07, 6.45) is -0.552. The van der Waals surface area contributed by atoms with E-state index in [1.54, 1.807) is 26.4 Å². The number of rotatable bonds is 10. The zero-order valence-corrected chi connectivity index (χ0v) is 17.1. The fourth-order valence-electron chi connectivity index (χ4n) is 3.02. The van der Waals surface area contributed by atoms with E-state index in [4.69, 9.17) is 18.8 Å². The summed E-state index contributed by atoms with van der Waals surface area (Å²) in [5, 5.41) is 2.74. The number of methoxy groups -OCH3 is 2. The van der Waals surface area contributed by atoms with Crippen LogP contribution in [0.4, 0.5) is 0 Å². The van der Waals surface area contributed by atoms with E-state index in [0.29, 0.717) is 5.56 Å². The van der Waals surface area contributed by atoms with Crippen molar-refractivity contribution in [3.63, 3.8) is 0 Å². The van der Waals surface area contributed by atoms with Crippen LogP contribution in [-0.4, -0.2) is 53.5 Å². The number of carbonyl (C=O) groups is 2. The van der Waals surface area contributed by atoms with E-state index in [1.165, 1.54) is 14.2 Å². The molecule has 0 bridgehead atoms. The third-order valence-electron chi connectivity index (χ3n) is 4.50. The van der Waals surface area contributed by atoms with Crippen LogP contribution >= 0.6 is 0 Å². The first-order valence-corrected chi connectivity index (χ1v) is 9.14. The van der Waals surface area contributed by atoms with E-state index in [0.717, 1.165) is 11.0 Å². The molecule has 7 nitrogen and oxygen atoms in total. The summed E-state index contributed by atoms with van der Waals surface area (Å²) >= 11 is 0. The molecule has 0 saturated carbocycles. The molecule has 0 aliphatic rings. The minimum atomic E-state index is -0.847. The molecule has 29 heavy (non-hydrogen) atoms. The van der Waals surface area contributed by atoms with Gasteiger partial charge >= 0.3 is 13.1 Å². The lowest BCUT2D eigenvalue weighted by Crippen LogP contribution is -2.45. The van der Waals surface area contributed by atoms with Crippen molar-refractivity contribution in [2.24, 2.45) is 0 Å². The third kappa shape index (κ3) is 6.15. The molecule has 154 valence electrons. The average Bonchev–Trinajstić information content (AvgIpc) is 2.76. The van der Waals surface area contributed by atoms with Gasteiger partial charge in [0.2, 0.25) is 0 Å². The summed E-state index contributed by atoms with van der Waals surface area (Å²) < 4.78 is 20.7. The molecule has 0 fully saturated rings. The Bertz CT molecular complexity index is 780. The van der Waals surface area contributed by atoms with Crippen molar-refractivity contribution < 1.29 is 28.4 Å². The van der Waals surface area contributed by atoms with E-state index in [-0.39, 0.29) is 6.42 Å². The summed E-state index contributed by atoms with van der Waals surface area (Å²) in [5.41, 5.74) is 2.40. The highest BCUT2D eigenvalue weighted by Crippen LogP contribution is 2.17. The normalized spacial score (nSPS) is 12.7. The lowest BCUT2D eigenvalue weighted by atomic mass is 9.78. The van der Waals surface area contributed by atoms with Gasteiger partial charge in [0.1, 0.15) is 6.04 Å². The van der Waals surface area contributed by atoms with Crippen molar-refractivity contribution in [2.45, 2.75) is 18.6 Å². The van der Waals surface area contributed by atoms with Crippen LogP contribution in [0.2, 0.25) is 0 Å². The Hall–Kier alpha value is -2.68. The van der Waals surface area contributed by atoms with Crippen LogP contribution in [0.15, 0.2) is 54.6 Å². The molecular formula is C21H26BNO6. The maximum Gasteiger partial charge on any atom is 0.493 e. The number of hydrogen-bond donors (Lipinski definition) is 1. The van der Waals surface area contributed by atoms with Gasteiger partial charge in [-0.15, -0.1) is 0 Å². The molecule has 1 amide bonds. The number of esters is 1. The van der Waals surface area contributed by atoms with Crippen molar-refractivity contribution in [2.75, 3.05) is 28.4 Å². The van der Waals surface area contributed by atoms with Gasteiger partial charge in [-0.05, 0) is 16.6 Å². The van der Waals surface area contributed by atoms with Crippen LogP contribution in [0.5, 0.6) is 0 Å². The summed E-state index contributed by atoms with van der Waals surface area (Å²) in [7, 11) is 5.39. The van der Waals surface area contributed by atoms with E-state index in [9.17, 15) is 9.59 Å². The van der Waals surface area contributed by atoms with Crippen LogP contribution in [0.25, 0.3) is 0 Å². The topological polar surface area (TPSA) is 83.1 Å². The second kappa shape index (κ2) is 11.4. The molecular weight excluding hydrogens is 373 g/mol. The van der Waals surface area contributed by atoms with Crippen molar-refractivity contribution in [1.82, 2.24) is 5.32 Å². The smallest absolute Gasteiger partial charge is 0.467 e. The van der Waals surface area contributed by atoms with Gasteiger partial charge in [-0.3, -0.25) is 4.79 Å². The number of nitrogens with one attached hydrogen (secondary N) is 1. The summed E-state index contributed by atoms with van der Waals surface area (Å²) in [6.45, 7) is 0. The summed E-state index contributed by atoms with van der Waals surface area (Å²) in [5.74, 6) is -0.943. The van der Waals surface area contributed by atoms with Crippen molar-refractivity contribution >= 4 is 24.5 Å². The Balaban J connectivity index is 2.13. The number of ether oxygens (including phenoxy) is 2. The molecule has 0 unspecified atom stereocenters. The van der Waals surface area contributed by atoms with Crippen LogP contribution in [0.1, 0.15) is 17.2 Å². The summed E-state index contributed by atoms with van der Waals surface area (Å²) in [4.78, 5) is 25.0. The lowest BCUT2D eigenvalue weighted by Gasteiger charge is -2.21. The van der Waals surface area contributed by atoms with Crippen LogP contribution < -0.4 is 10.8 Å². The SMILES string of the molecule is COB(OC)c1ccc(C[C@H](NC(=O)[C@H](OC)c2ccccc2)C(=O)OC)cc1. The Kier molecular flexibility index (Phi) is 8.86. The molecule has 0 radical (unpaired) electrons. The Labute approximate surface area is 171 Å². The number of hydrogen-bond acceptors (Lipinski definition) is 6. The molecule has 0 aliphatic carbocycles. The molecule has 8 heteroatoms. The van der Waals surface area contributed by atoms with Gasteiger partial charge in [0.05, 0.1) is 7.11 Å². The van der Waals surface area contributed by atoms with E-state index in [1.807, 2.05) is 42.5 Å². The minimum Gasteiger partial charge on any atom is -0.467 e. The molecule has 0 saturated heterocycles. The van der Waals surface area contributed by atoms with E-state index < -0.39 is 31.1 Å². The fourth-order valence-corrected chi connectivity index (χ4v) is 3.02. The van der Waals surface area contributed by atoms with Crippen molar-refractivity contribution in [1.29, 1.82) is 0 Å². The Morgan fingerprint density at radius 3 is 2.07 bits per heavy atom. The predicted molar refractivity (Wildman–Crippen MR) is 110 cm³/mol. The Morgan fingerprint density at radius 2 is 1.55 bits per heavy atom. The Morgan fingerprint density at radius 1 is 0.931 bits per heavy atom. The first-order chi connectivity index (χ1) is 14.0. The summed E-state index contributed by atoms with van der Waals surface area (Å²) in [6, 6.07) is 15.6. The lowest BCUT2D eigenvalue weighted by molar-refractivity contribution is -0.146. The van der Waals surface area contributed by atoms with Gasteiger partial charge in [-0.1, -0.05) is 54.6 Å². The minimum absolute atomic E-state index is 0.272. The van der Waals surface area contributed by atoms with Gasteiger partial charge in [0.15, 0.2) is 6.10 Å². The largest absolute Gasteiger partial charge is 0.493 e. The fraction of sp³-hybridized carbons (Fsp3) is 0.333. The van der Waals surface area contributed by atoms with Gasteiger partial charge in [-0.2, -0.15) is 0 Å². The molecule has 1 N–H and O–H groups in total. The van der Waals surface area contributed by atoms with Crippen molar-refractivity contribution in [3.05, 3.63) is 65.7 Å². The first-order valence-electron chi connectivity index (χ1n) is 9.14. The predicted octanol–water partition coefficient (Wildman–Crippen LogP) is 1.26. The van der Waals surface area contributed by atoms with Gasteiger partial charge in [0, 0.05) is 27.8 Å². The molecule has 2 aromatic rings. The maximum absolute atomic E-state index is 12.7. The number of benzene rings is 2.